The lowest BCUT2D eigenvalue weighted by Crippen LogP contribution is -2.42. The van der Waals surface area contributed by atoms with Crippen molar-refractivity contribution >= 4 is 52.2 Å². The molecule has 1 saturated heterocycles. The zero-order chi connectivity index (χ0) is 25.8. The second-order valence-corrected chi connectivity index (χ2v) is 12.7. The topological polar surface area (TPSA) is 70.2 Å². The Morgan fingerprint density at radius 3 is 2.38 bits per heavy atom. The van der Waals surface area contributed by atoms with Gasteiger partial charge in [-0.2, -0.15) is 13.2 Å². The lowest BCUT2D eigenvalue weighted by Gasteiger charge is -2.43. The van der Waals surface area contributed by atoms with E-state index in [4.69, 9.17) is 11.6 Å². The smallest absolute Gasteiger partial charge is 0.307 e. The fourth-order valence-electron chi connectivity index (χ4n) is 7.14. The molecule has 2 aliphatic heterocycles. The molecule has 3 fully saturated rings. The number of fused-ring (bicyclic) bond motifs is 9. The number of hydrogen-bond acceptors (Lipinski definition) is 5. The minimum Gasteiger partial charge on any atom is -0.307 e. The lowest BCUT2D eigenvalue weighted by atomic mass is 9.68. The SMILES string of the molecule is O=C1C2C3CC(C2C(=O)N1c1cccc(C(F)(F)F)c1)C1C(c2ccc(Cl)cc2)c2sc(=O)[nH]c2SC31. The maximum Gasteiger partial charge on any atom is 0.416 e. The van der Waals surface area contributed by atoms with Gasteiger partial charge in [-0.1, -0.05) is 41.1 Å². The zero-order valence-electron chi connectivity index (χ0n) is 18.9. The molecule has 2 aliphatic carbocycles. The Morgan fingerprint density at radius 1 is 0.973 bits per heavy atom. The van der Waals surface area contributed by atoms with E-state index in [0.29, 0.717) is 11.4 Å². The molecular formula is C26H18ClF3N2O3S2. The van der Waals surface area contributed by atoms with Gasteiger partial charge in [-0.15, -0.1) is 11.8 Å². The van der Waals surface area contributed by atoms with Crippen molar-refractivity contribution in [2.24, 2.45) is 29.6 Å². The van der Waals surface area contributed by atoms with Crippen molar-refractivity contribution in [3.8, 4) is 0 Å². The molecule has 2 aromatic carbocycles. The first-order chi connectivity index (χ1) is 17.6. The standard InChI is InChI=1S/C26H18ClF3N2O3S2/c27-12-6-4-10(5-7-12)16-17-14-9-15(20(17)36-22-21(16)37-25(35)31-22)19-18(14)23(33)32(24(19)34)13-3-1-2-11(8-13)26(28,29)30/h1-8,14-20H,9H2,(H,31,35). The molecule has 37 heavy (non-hydrogen) atoms. The number of alkyl halides is 3. The molecule has 2 saturated carbocycles. The summed E-state index contributed by atoms with van der Waals surface area (Å²) in [4.78, 5) is 44.3. The number of aromatic nitrogens is 1. The molecule has 7 atom stereocenters. The van der Waals surface area contributed by atoms with E-state index in [1.165, 1.54) is 23.5 Å². The van der Waals surface area contributed by atoms with Gasteiger partial charge in [0.15, 0.2) is 0 Å². The maximum atomic E-state index is 13.7. The Balaban J connectivity index is 1.30. The number of carbonyl (C=O) groups excluding carboxylic acids is 2. The number of amides is 2. The summed E-state index contributed by atoms with van der Waals surface area (Å²) in [5.41, 5.74) is 0.0600. The number of H-pyrrole nitrogens is 1. The van der Waals surface area contributed by atoms with Crippen molar-refractivity contribution in [1.82, 2.24) is 4.98 Å². The monoisotopic (exact) mass is 562 g/mol. The van der Waals surface area contributed by atoms with E-state index >= 15 is 0 Å². The van der Waals surface area contributed by atoms with Gasteiger partial charge in [0, 0.05) is 21.1 Å². The molecule has 2 amide bonds. The molecule has 3 aromatic rings. The van der Waals surface area contributed by atoms with Crippen molar-refractivity contribution in [2.45, 2.75) is 28.8 Å². The molecule has 0 radical (unpaired) electrons. The number of nitrogens with one attached hydrogen (secondary N) is 1. The van der Waals surface area contributed by atoms with Gasteiger partial charge in [0.2, 0.25) is 11.8 Å². The lowest BCUT2D eigenvalue weighted by molar-refractivity contribution is -0.137. The van der Waals surface area contributed by atoms with Gasteiger partial charge >= 0.3 is 11.0 Å². The summed E-state index contributed by atoms with van der Waals surface area (Å²) >= 11 is 8.87. The van der Waals surface area contributed by atoms with Gasteiger partial charge in [0.05, 0.1) is 28.1 Å². The van der Waals surface area contributed by atoms with Gasteiger partial charge in [-0.05, 0) is 60.1 Å². The quantitative estimate of drug-likeness (QED) is 0.402. The van der Waals surface area contributed by atoms with Crippen LogP contribution in [0.1, 0.15) is 28.3 Å². The van der Waals surface area contributed by atoms with E-state index in [9.17, 15) is 27.6 Å². The summed E-state index contributed by atoms with van der Waals surface area (Å²) < 4.78 is 40.0. The van der Waals surface area contributed by atoms with E-state index in [1.807, 2.05) is 12.1 Å². The van der Waals surface area contributed by atoms with Crippen LogP contribution in [-0.2, 0) is 15.8 Å². The number of aromatic amines is 1. The highest BCUT2D eigenvalue weighted by Crippen LogP contribution is 2.68. The number of thiazole rings is 1. The minimum atomic E-state index is -4.58. The van der Waals surface area contributed by atoms with Crippen LogP contribution in [0.25, 0.3) is 0 Å². The van der Waals surface area contributed by atoms with E-state index in [2.05, 4.69) is 4.98 Å². The highest BCUT2D eigenvalue weighted by molar-refractivity contribution is 8.00. The number of carbonyl (C=O) groups is 2. The van der Waals surface area contributed by atoms with Gasteiger partial charge in [0.25, 0.3) is 0 Å². The van der Waals surface area contributed by atoms with Crippen LogP contribution in [0.3, 0.4) is 0 Å². The minimum absolute atomic E-state index is 0.00267. The van der Waals surface area contributed by atoms with E-state index in [1.54, 1.807) is 23.9 Å². The number of nitrogens with zero attached hydrogens (tertiary/aromatic N) is 1. The van der Waals surface area contributed by atoms with Crippen LogP contribution in [-0.4, -0.2) is 22.0 Å². The second-order valence-electron chi connectivity index (χ2n) is 10.1. The number of rotatable bonds is 2. The zero-order valence-corrected chi connectivity index (χ0v) is 21.3. The Labute approximate surface area is 222 Å². The van der Waals surface area contributed by atoms with Gasteiger partial charge in [-0.3, -0.25) is 19.3 Å². The van der Waals surface area contributed by atoms with Crippen LogP contribution in [0.4, 0.5) is 18.9 Å². The molecule has 0 spiro atoms. The van der Waals surface area contributed by atoms with Crippen molar-refractivity contribution in [3.05, 3.63) is 79.2 Å². The Morgan fingerprint density at radius 2 is 1.68 bits per heavy atom. The Bertz CT molecular complexity index is 1520. The third-order valence-electron chi connectivity index (χ3n) is 8.38. The van der Waals surface area contributed by atoms with E-state index in [0.717, 1.165) is 32.5 Å². The second kappa shape index (κ2) is 7.97. The average molecular weight is 563 g/mol. The molecule has 2 bridgehead atoms. The van der Waals surface area contributed by atoms with E-state index in [-0.39, 0.29) is 39.5 Å². The van der Waals surface area contributed by atoms with Crippen LogP contribution in [0.5, 0.6) is 0 Å². The summed E-state index contributed by atoms with van der Waals surface area (Å²) in [5, 5.41) is 1.39. The largest absolute Gasteiger partial charge is 0.416 e. The third-order valence-corrected chi connectivity index (χ3v) is 11.2. The summed E-state index contributed by atoms with van der Waals surface area (Å²) in [6, 6.07) is 11.9. The van der Waals surface area contributed by atoms with E-state index < -0.39 is 35.4 Å². The summed E-state index contributed by atoms with van der Waals surface area (Å²) in [6.07, 6.45) is -3.88. The van der Waals surface area contributed by atoms with Crippen molar-refractivity contribution in [2.75, 3.05) is 4.90 Å². The molecule has 190 valence electrons. The van der Waals surface area contributed by atoms with Crippen molar-refractivity contribution < 1.29 is 22.8 Å². The van der Waals surface area contributed by atoms with Crippen LogP contribution < -0.4 is 9.77 Å². The molecule has 7 unspecified atom stereocenters. The van der Waals surface area contributed by atoms with Gasteiger partial charge in [0.1, 0.15) is 0 Å². The first kappa shape index (κ1) is 23.5. The fourth-order valence-corrected chi connectivity index (χ4v) is 10.2. The first-order valence-corrected chi connectivity index (χ1v) is 13.9. The normalized spacial score (nSPS) is 32.0. The molecule has 1 aromatic heterocycles. The molecule has 1 N–H and O–H groups in total. The number of benzene rings is 2. The molecule has 5 nitrogen and oxygen atoms in total. The number of hydrogen-bond donors (Lipinski definition) is 1. The predicted molar refractivity (Wildman–Crippen MR) is 134 cm³/mol. The average Bonchev–Trinajstić information content (AvgIpc) is 3.58. The summed E-state index contributed by atoms with van der Waals surface area (Å²) in [6.45, 7) is 0. The van der Waals surface area contributed by atoms with Crippen LogP contribution in [0, 0.1) is 29.6 Å². The van der Waals surface area contributed by atoms with Crippen LogP contribution in [0.15, 0.2) is 58.4 Å². The Kier molecular flexibility index (Phi) is 5.07. The van der Waals surface area contributed by atoms with Crippen LogP contribution >= 0.6 is 34.7 Å². The summed E-state index contributed by atoms with van der Waals surface area (Å²) in [7, 11) is 0. The number of thioether (sulfide) groups is 1. The first-order valence-electron chi connectivity index (χ1n) is 11.8. The Hall–Kier alpha value is -2.56. The molecule has 7 rings (SSSR count). The molecular weight excluding hydrogens is 545 g/mol. The van der Waals surface area contributed by atoms with Gasteiger partial charge < -0.3 is 4.98 Å². The molecule has 4 aliphatic rings. The van der Waals surface area contributed by atoms with Gasteiger partial charge in [-0.25, -0.2) is 0 Å². The van der Waals surface area contributed by atoms with Crippen LogP contribution in [0.2, 0.25) is 5.02 Å². The number of halogens is 4. The summed E-state index contributed by atoms with van der Waals surface area (Å²) in [5.74, 6) is -2.35. The third kappa shape index (κ3) is 3.34. The fraction of sp³-hybridized carbons (Fsp3) is 0.346. The maximum absolute atomic E-state index is 13.7. The number of imide groups is 1. The predicted octanol–water partition coefficient (Wildman–Crippen LogP) is 5.79. The highest BCUT2D eigenvalue weighted by Gasteiger charge is 2.69. The number of anilines is 1. The highest BCUT2D eigenvalue weighted by atomic mass is 35.5. The molecule has 11 heteroatoms. The van der Waals surface area contributed by atoms with Crippen molar-refractivity contribution in [1.29, 1.82) is 0 Å². The van der Waals surface area contributed by atoms with Crippen molar-refractivity contribution in [3.63, 3.8) is 0 Å². The molecule has 3 heterocycles.